The molecule has 0 saturated heterocycles. The number of carbonyl (C=O) groups excluding carboxylic acids is 2. The van der Waals surface area contributed by atoms with Crippen LogP contribution < -0.4 is 10.6 Å². The van der Waals surface area contributed by atoms with E-state index in [0.717, 1.165) is 14.9 Å². The smallest absolute Gasteiger partial charge is 0.255 e. The van der Waals surface area contributed by atoms with Gasteiger partial charge in [-0.25, -0.2) is 4.98 Å². The van der Waals surface area contributed by atoms with E-state index in [1.165, 1.54) is 6.92 Å². The summed E-state index contributed by atoms with van der Waals surface area (Å²) in [6.45, 7) is 3.40. The predicted molar refractivity (Wildman–Crippen MR) is 106 cm³/mol. The molecular weight excluding hydrogens is 366 g/mol. The topological polar surface area (TPSA) is 71.1 Å². The number of rotatable bonds is 5. The molecule has 0 aliphatic carbocycles. The zero-order chi connectivity index (χ0) is 18.5. The van der Waals surface area contributed by atoms with E-state index in [9.17, 15) is 9.59 Å². The summed E-state index contributed by atoms with van der Waals surface area (Å²) in [5.74, 6) is -0.403. The van der Waals surface area contributed by atoms with Crippen LogP contribution in [-0.4, -0.2) is 16.8 Å². The van der Waals surface area contributed by atoms with E-state index in [1.54, 1.807) is 47.4 Å². The van der Waals surface area contributed by atoms with Crippen molar-refractivity contribution in [3.63, 3.8) is 0 Å². The van der Waals surface area contributed by atoms with Gasteiger partial charge in [-0.3, -0.25) is 9.59 Å². The molecule has 2 aromatic carbocycles. The SMILES string of the molecule is CC(=O)Nc1cccc(C(=O)Nc2ccc(Sc3nc(C)cs3)cc2)c1. The molecule has 1 heterocycles. The molecular formula is C19H17N3O2S2. The van der Waals surface area contributed by atoms with Gasteiger partial charge in [0.25, 0.3) is 5.91 Å². The molecule has 0 aliphatic rings. The molecule has 0 bridgehead atoms. The zero-order valence-electron chi connectivity index (χ0n) is 14.3. The minimum Gasteiger partial charge on any atom is -0.326 e. The average molecular weight is 383 g/mol. The van der Waals surface area contributed by atoms with Crippen LogP contribution in [0, 0.1) is 6.92 Å². The quantitative estimate of drug-likeness (QED) is 0.663. The summed E-state index contributed by atoms with van der Waals surface area (Å²) in [7, 11) is 0. The first-order valence-corrected chi connectivity index (χ1v) is 9.58. The first-order chi connectivity index (χ1) is 12.5. The molecule has 3 aromatic rings. The molecule has 26 heavy (non-hydrogen) atoms. The Morgan fingerprint density at radius 1 is 1.04 bits per heavy atom. The maximum absolute atomic E-state index is 12.4. The van der Waals surface area contributed by atoms with E-state index in [2.05, 4.69) is 15.6 Å². The maximum Gasteiger partial charge on any atom is 0.255 e. The Bertz CT molecular complexity index is 936. The lowest BCUT2D eigenvalue weighted by atomic mass is 10.2. The van der Waals surface area contributed by atoms with Gasteiger partial charge in [0.2, 0.25) is 5.91 Å². The monoisotopic (exact) mass is 383 g/mol. The fourth-order valence-corrected chi connectivity index (χ4v) is 4.04. The number of hydrogen-bond acceptors (Lipinski definition) is 5. The van der Waals surface area contributed by atoms with Crippen LogP contribution in [0.15, 0.2) is 63.1 Å². The second kappa shape index (κ2) is 8.16. The maximum atomic E-state index is 12.4. The molecule has 0 radical (unpaired) electrons. The number of nitrogens with zero attached hydrogens (tertiary/aromatic N) is 1. The van der Waals surface area contributed by atoms with E-state index < -0.39 is 0 Å². The minimum atomic E-state index is -0.229. The zero-order valence-corrected chi connectivity index (χ0v) is 15.9. The number of benzene rings is 2. The highest BCUT2D eigenvalue weighted by Gasteiger charge is 2.08. The van der Waals surface area contributed by atoms with Gasteiger partial charge in [0.1, 0.15) is 0 Å². The van der Waals surface area contributed by atoms with Crippen molar-refractivity contribution in [2.24, 2.45) is 0 Å². The summed E-state index contributed by atoms with van der Waals surface area (Å²) in [4.78, 5) is 29.0. The van der Waals surface area contributed by atoms with Gasteiger partial charge in [0.15, 0.2) is 4.34 Å². The highest BCUT2D eigenvalue weighted by Crippen LogP contribution is 2.30. The van der Waals surface area contributed by atoms with Crippen LogP contribution >= 0.6 is 23.1 Å². The standard InChI is InChI=1S/C19H17N3O2S2/c1-12-11-25-19(20-12)26-17-8-6-15(7-9-17)22-18(24)14-4-3-5-16(10-14)21-13(2)23/h3-11H,1-2H3,(H,21,23)(H,22,24). The van der Waals surface area contributed by atoms with Crippen LogP contribution in [0.3, 0.4) is 0 Å². The van der Waals surface area contributed by atoms with Crippen LogP contribution in [0.2, 0.25) is 0 Å². The lowest BCUT2D eigenvalue weighted by Gasteiger charge is -2.08. The molecule has 2 amide bonds. The number of nitrogens with one attached hydrogen (secondary N) is 2. The Balaban J connectivity index is 1.65. The van der Waals surface area contributed by atoms with Crippen LogP contribution in [-0.2, 0) is 4.79 Å². The van der Waals surface area contributed by atoms with Crippen molar-refractivity contribution in [2.45, 2.75) is 23.1 Å². The molecule has 2 N–H and O–H groups in total. The van der Waals surface area contributed by atoms with Crippen molar-refractivity contribution >= 4 is 46.3 Å². The number of thiazole rings is 1. The highest BCUT2D eigenvalue weighted by atomic mass is 32.2. The van der Waals surface area contributed by atoms with Gasteiger partial charge in [0, 0.05) is 39.8 Å². The van der Waals surface area contributed by atoms with E-state index in [-0.39, 0.29) is 11.8 Å². The van der Waals surface area contributed by atoms with Crippen molar-refractivity contribution in [3.05, 3.63) is 65.2 Å². The molecule has 0 unspecified atom stereocenters. The number of amides is 2. The normalized spacial score (nSPS) is 10.4. The van der Waals surface area contributed by atoms with Crippen molar-refractivity contribution in [2.75, 3.05) is 10.6 Å². The van der Waals surface area contributed by atoms with Crippen molar-refractivity contribution in [1.82, 2.24) is 4.98 Å². The molecule has 0 atom stereocenters. The predicted octanol–water partition coefficient (Wildman–Crippen LogP) is 4.81. The second-order valence-corrected chi connectivity index (χ2v) is 7.78. The summed E-state index contributed by atoms with van der Waals surface area (Å²) < 4.78 is 0.995. The third kappa shape index (κ3) is 4.93. The Labute approximate surface area is 159 Å². The number of carbonyl (C=O) groups is 2. The number of aryl methyl sites for hydroxylation is 1. The Kier molecular flexibility index (Phi) is 5.70. The van der Waals surface area contributed by atoms with Gasteiger partial charge >= 0.3 is 0 Å². The number of anilines is 2. The third-order valence-corrected chi connectivity index (χ3v) is 5.42. The van der Waals surface area contributed by atoms with E-state index in [4.69, 9.17) is 0 Å². The van der Waals surface area contributed by atoms with Gasteiger partial charge in [0.05, 0.1) is 0 Å². The van der Waals surface area contributed by atoms with Gasteiger partial charge < -0.3 is 10.6 Å². The first-order valence-electron chi connectivity index (χ1n) is 7.88. The molecule has 3 rings (SSSR count). The van der Waals surface area contributed by atoms with Gasteiger partial charge in [-0.2, -0.15) is 0 Å². The van der Waals surface area contributed by atoms with Crippen LogP contribution in [0.1, 0.15) is 23.0 Å². The molecule has 0 aliphatic heterocycles. The molecule has 0 fully saturated rings. The Morgan fingerprint density at radius 3 is 2.46 bits per heavy atom. The van der Waals surface area contributed by atoms with Crippen LogP contribution in [0.5, 0.6) is 0 Å². The summed E-state index contributed by atoms with van der Waals surface area (Å²) in [6, 6.07) is 14.4. The summed E-state index contributed by atoms with van der Waals surface area (Å²) in [5, 5.41) is 7.55. The third-order valence-electron chi connectivity index (χ3n) is 3.36. The van der Waals surface area contributed by atoms with E-state index in [0.29, 0.717) is 16.9 Å². The Hall–Kier alpha value is -2.64. The summed E-state index contributed by atoms with van der Waals surface area (Å²) >= 11 is 3.21. The van der Waals surface area contributed by atoms with Crippen LogP contribution in [0.4, 0.5) is 11.4 Å². The molecule has 0 spiro atoms. The molecule has 7 heteroatoms. The molecule has 5 nitrogen and oxygen atoms in total. The number of hydrogen-bond donors (Lipinski definition) is 2. The molecule has 132 valence electrons. The fraction of sp³-hybridized carbons (Fsp3) is 0.105. The highest BCUT2D eigenvalue weighted by molar-refractivity contribution is 8.01. The fourth-order valence-electron chi connectivity index (χ4n) is 2.23. The lowest BCUT2D eigenvalue weighted by molar-refractivity contribution is -0.114. The van der Waals surface area contributed by atoms with Crippen molar-refractivity contribution in [1.29, 1.82) is 0 Å². The average Bonchev–Trinajstić information content (AvgIpc) is 3.01. The number of aromatic nitrogens is 1. The summed E-state index contributed by atoms with van der Waals surface area (Å²) in [5.41, 5.74) is 2.80. The second-order valence-electron chi connectivity index (χ2n) is 5.60. The van der Waals surface area contributed by atoms with Gasteiger partial charge in [-0.1, -0.05) is 17.8 Å². The van der Waals surface area contributed by atoms with Gasteiger partial charge in [-0.05, 0) is 49.4 Å². The largest absolute Gasteiger partial charge is 0.326 e. The lowest BCUT2D eigenvalue weighted by Crippen LogP contribution is -2.13. The molecule has 1 aromatic heterocycles. The molecule has 0 saturated carbocycles. The van der Waals surface area contributed by atoms with Gasteiger partial charge in [-0.15, -0.1) is 11.3 Å². The summed E-state index contributed by atoms with van der Waals surface area (Å²) in [6.07, 6.45) is 0. The minimum absolute atomic E-state index is 0.175. The van der Waals surface area contributed by atoms with E-state index in [1.807, 2.05) is 36.6 Å². The Morgan fingerprint density at radius 2 is 1.81 bits per heavy atom. The van der Waals surface area contributed by atoms with Crippen molar-refractivity contribution < 1.29 is 9.59 Å². The van der Waals surface area contributed by atoms with E-state index >= 15 is 0 Å². The first kappa shape index (κ1) is 18.2. The van der Waals surface area contributed by atoms with Crippen molar-refractivity contribution in [3.8, 4) is 0 Å². The van der Waals surface area contributed by atoms with Crippen LogP contribution in [0.25, 0.3) is 0 Å².